The van der Waals surface area contributed by atoms with Crippen molar-refractivity contribution in [1.82, 2.24) is 19.9 Å². The van der Waals surface area contributed by atoms with E-state index in [4.69, 9.17) is 4.74 Å². The van der Waals surface area contributed by atoms with Gasteiger partial charge in [-0.25, -0.2) is 0 Å². The number of rotatable bonds is 3. The van der Waals surface area contributed by atoms with Gasteiger partial charge in [-0.1, -0.05) is 0 Å². The monoisotopic (exact) mass is 374 g/mol. The number of piperidine rings is 1. The van der Waals surface area contributed by atoms with Gasteiger partial charge in [0.05, 0.1) is 23.7 Å². The summed E-state index contributed by atoms with van der Waals surface area (Å²) >= 11 is 0. The van der Waals surface area contributed by atoms with Crippen molar-refractivity contribution in [1.29, 1.82) is 0 Å². The third kappa shape index (κ3) is 2.81. The normalized spacial score (nSPS) is 17.3. The Kier molecular flexibility index (Phi) is 4.04. The number of methoxy groups -OCH3 is 1. The van der Waals surface area contributed by atoms with Gasteiger partial charge in [0.25, 0.3) is 5.91 Å². The SMILES string of the molecule is COc1ccc2[nH]cc(C(=O)N3CCC[C@@H](c4cc5ncccc5[nH]4)C3)c2c1. The summed E-state index contributed by atoms with van der Waals surface area (Å²) in [5.41, 5.74) is 4.83. The number of amides is 1. The first-order valence-corrected chi connectivity index (χ1v) is 9.61. The summed E-state index contributed by atoms with van der Waals surface area (Å²) < 4.78 is 5.33. The fourth-order valence-electron chi connectivity index (χ4n) is 4.19. The molecule has 0 saturated carbocycles. The van der Waals surface area contributed by atoms with Crippen LogP contribution < -0.4 is 4.74 Å². The Balaban J connectivity index is 1.42. The number of fused-ring (bicyclic) bond motifs is 2. The van der Waals surface area contributed by atoms with Gasteiger partial charge in [-0.3, -0.25) is 9.78 Å². The van der Waals surface area contributed by atoms with Crippen LogP contribution in [0, 0.1) is 0 Å². The molecule has 2 N–H and O–H groups in total. The Morgan fingerprint density at radius 2 is 2.18 bits per heavy atom. The van der Waals surface area contributed by atoms with Crippen LogP contribution in [0.25, 0.3) is 21.9 Å². The maximum Gasteiger partial charge on any atom is 0.256 e. The van der Waals surface area contributed by atoms with E-state index in [1.54, 1.807) is 7.11 Å². The lowest BCUT2D eigenvalue weighted by Crippen LogP contribution is -2.39. The molecule has 1 saturated heterocycles. The van der Waals surface area contributed by atoms with Crippen LogP contribution >= 0.6 is 0 Å². The van der Waals surface area contributed by atoms with Crippen LogP contribution in [0.4, 0.5) is 0 Å². The second-order valence-electron chi connectivity index (χ2n) is 7.37. The number of carbonyl (C=O) groups is 1. The quantitative estimate of drug-likeness (QED) is 0.568. The molecule has 6 heteroatoms. The predicted octanol–water partition coefficient (Wildman–Crippen LogP) is 4.07. The molecule has 1 amide bonds. The molecule has 1 atom stereocenters. The van der Waals surface area contributed by atoms with Gasteiger partial charge < -0.3 is 19.6 Å². The maximum absolute atomic E-state index is 13.3. The first kappa shape index (κ1) is 16.9. The Morgan fingerprint density at radius 1 is 1.25 bits per heavy atom. The number of ether oxygens (including phenoxy) is 1. The lowest BCUT2D eigenvalue weighted by molar-refractivity contribution is 0.0708. The Labute approximate surface area is 162 Å². The van der Waals surface area contributed by atoms with Gasteiger partial charge in [0.15, 0.2) is 0 Å². The minimum absolute atomic E-state index is 0.0680. The predicted molar refractivity (Wildman–Crippen MR) is 109 cm³/mol. The van der Waals surface area contributed by atoms with Gasteiger partial charge in [0.1, 0.15) is 5.75 Å². The summed E-state index contributed by atoms with van der Waals surface area (Å²) in [5.74, 6) is 1.12. The van der Waals surface area contributed by atoms with E-state index < -0.39 is 0 Å². The second kappa shape index (κ2) is 6.71. The van der Waals surface area contributed by atoms with Crippen molar-refractivity contribution in [3.05, 3.63) is 60.0 Å². The number of nitrogens with one attached hydrogen (secondary N) is 2. The van der Waals surface area contributed by atoms with Crippen molar-refractivity contribution < 1.29 is 9.53 Å². The molecule has 1 aliphatic rings. The lowest BCUT2D eigenvalue weighted by Gasteiger charge is -2.32. The van der Waals surface area contributed by atoms with Gasteiger partial charge >= 0.3 is 0 Å². The molecule has 0 aliphatic carbocycles. The van der Waals surface area contributed by atoms with E-state index in [-0.39, 0.29) is 5.91 Å². The Hall–Kier alpha value is -3.28. The molecule has 0 radical (unpaired) electrons. The van der Waals surface area contributed by atoms with E-state index in [1.807, 2.05) is 47.6 Å². The molecule has 6 nitrogen and oxygen atoms in total. The molecular formula is C22H22N4O2. The second-order valence-corrected chi connectivity index (χ2v) is 7.37. The maximum atomic E-state index is 13.3. The smallest absolute Gasteiger partial charge is 0.256 e. The summed E-state index contributed by atoms with van der Waals surface area (Å²) in [7, 11) is 1.64. The zero-order chi connectivity index (χ0) is 19.1. The van der Waals surface area contributed by atoms with Crippen LogP contribution in [0.3, 0.4) is 0 Å². The van der Waals surface area contributed by atoms with Crippen LogP contribution in [-0.4, -0.2) is 46.0 Å². The number of likely N-dealkylation sites (tertiary alicyclic amines) is 1. The van der Waals surface area contributed by atoms with Gasteiger partial charge in [0.2, 0.25) is 0 Å². The van der Waals surface area contributed by atoms with Crippen LogP contribution in [0.1, 0.15) is 34.8 Å². The highest BCUT2D eigenvalue weighted by Crippen LogP contribution is 2.31. The molecule has 28 heavy (non-hydrogen) atoms. The molecule has 0 spiro atoms. The van der Waals surface area contributed by atoms with Crippen molar-refractivity contribution in [2.75, 3.05) is 20.2 Å². The van der Waals surface area contributed by atoms with Gasteiger partial charge in [0, 0.05) is 48.0 Å². The highest BCUT2D eigenvalue weighted by Gasteiger charge is 2.28. The van der Waals surface area contributed by atoms with E-state index in [1.165, 1.54) is 0 Å². The van der Waals surface area contributed by atoms with E-state index in [0.717, 1.165) is 52.8 Å². The van der Waals surface area contributed by atoms with E-state index in [9.17, 15) is 4.79 Å². The largest absolute Gasteiger partial charge is 0.497 e. The average molecular weight is 374 g/mol. The molecule has 142 valence electrons. The number of carbonyl (C=O) groups excluding carboxylic acids is 1. The van der Waals surface area contributed by atoms with Gasteiger partial charge in [-0.15, -0.1) is 0 Å². The molecule has 1 aliphatic heterocycles. The fourth-order valence-corrected chi connectivity index (χ4v) is 4.19. The Morgan fingerprint density at radius 3 is 3.04 bits per heavy atom. The molecular weight excluding hydrogens is 352 g/mol. The average Bonchev–Trinajstić information content (AvgIpc) is 3.37. The molecule has 4 aromatic rings. The van der Waals surface area contributed by atoms with Gasteiger partial charge in [-0.2, -0.15) is 0 Å². The van der Waals surface area contributed by atoms with Crippen molar-refractivity contribution in [2.45, 2.75) is 18.8 Å². The number of nitrogens with zero attached hydrogens (tertiary/aromatic N) is 2. The van der Waals surface area contributed by atoms with Crippen LogP contribution in [-0.2, 0) is 0 Å². The minimum Gasteiger partial charge on any atom is -0.497 e. The topological polar surface area (TPSA) is 74.0 Å². The summed E-state index contributed by atoms with van der Waals surface area (Å²) in [6.07, 6.45) is 5.67. The number of H-pyrrole nitrogens is 2. The summed E-state index contributed by atoms with van der Waals surface area (Å²) in [5, 5.41) is 0.904. The molecule has 0 bridgehead atoms. The van der Waals surface area contributed by atoms with E-state index in [0.29, 0.717) is 18.0 Å². The van der Waals surface area contributed by atoms with Crippen molar-refractivity contribution in [3.63, 3.8) is 0 Å². The molecule has 0 unspecified atom stereocenters. The molecule has 1 fully saturated rings. The van der Waals surface area contributed by atoms with Crippen LogP contribution in [0.15, 0.2) is 48.8 Å². The van der Waals surface area contributed by atoms with Crippen LogP contribution in [0.2, 0.25) is 0 Å². The van der Waals surface area contributed by atoms with Crippen molar-refractivity contribution in [2.24, 2.45) is 0 Å². The molecule has 3 aromatic heterocycles. The minimum atomic E-state index is 0.0680. The third-order valence-corrected chi connectivity index (χ3v) is 5.68. The highest BCUT2D eigenvalue weighted by atomic mass is 16.5. The summed E-state index contributed by atoms with van der Waals surface area (Å²) in [6.45, 7) is 1.49. The lowest BCUT2D eigenvalue weighted by atomic mass is 9.94. The third-order valence-electron chi connectivity index (χ3n) is 5.68. The highest BCUT2D eigenvalue weighted by molar-refractivity contribution is 6.07. The first-order valence-electron chi connectivity index (χ1n) is 9.61. The fraction of sp³-hybridized carbons (Fsp3) is 0.273. The van der Waals surface area contributed by atoms with E-state index >= 15 is 0 Å². The first-order chi connectivity index (χ1) is 13.7. The molecule has 1 aromatic carbocycles. The number of benzene rings is 1. The number of pyridine rings is 1. The van der Waals surface area contributed by atoms with E-state index in [2.05, 4.69) is 21.0 Å². The van der Waals surface area contributed by atoms with Crippen molar-refractivity contribution in [3.8, 4) is 5.75 Å². The van der Waals surface area contributed by atoms with Crippen LogP contribution in [0.5, 0.6) is 5.75 Å². The van der Waals surface area contributed by atoms with Crippen molar-refractivity contribution >= 4 is 27.8 Å². The number of hydrogen-bond acceptors (Lipinski definition) is 3. The number of aromatic nitrogens is 3. The number of aromatic amines is 2. The Bertz CT molecular complexity index is 1130. The molecule has 4 heterocycles. The summed E-state index contributed by atoms with van der Waals surface area (Å²) in [6, 6.07) is 11.9. The number of hydrogen-bond donors (Lipinski definition) is 2. The molecule has 5 rings (SSSR count). The zero-order valence-electron chi connectivity index (χ0n) is 15.7. The summed E-state index contributed by atoms with van der Waals surface area (Å²) in [4.78, 5) is 26.3. The van der Waals surface area contributed by atoms with Gasteiger partial charge in [-0.05, 0) is 49.2 Å². The standard InChI is InChI=1S/C22H22N4O2/c1-28-15-6-7-18-16(10-15)17(12-24-18)22(27)26-9-3-4-14(13-26)20-11-21-19(25-20)5-2-8-23-21/h2,5-8,10-12,14,24-25H,3-4,9,13H2,1H3/t14-/m1/s1. The zero-order valence-corrected chi connectivity index (χ0v) is 15.7.